The molecule has 6 nitrogen and oxygen atoms in total. The van der Waals surface area contributed by atoms with Gasteiger partial charge in [0, 0.05) is 18.4 Å². The van der Waals surface area contributed by atoms with E-state index < -0.39 is 17.5 Å². The zero-order valence-corrected chi connectivity index (χ0v) is 14.1. The van der Waals surface area contributed by atoms with E-state index in [1.807, 2.05) is 0 Å². The lowest BCUT2D eigenvalue weighted by Crippen LogP contribution is -2.17. The smallest absolute Gasteiger partial charge is 0.277 e. The quantitative estimate of drug-likeness (QED) is 0.776. The molecule has 132 valence electrons. The number of anilines is 3. The van der Waals surface area contributed by atoms with Gasteiger partial charge in [0.15, 0.2) is 11.5 Å². The molecule has 0 saturated carbocycles. The number of aryl methyl sites for hydroxylation is 1. The van der Waals surface area contributed by atoms with Crippen LogP contribution in [0.15, 0.2) is 49.1 Å². The zero-order valence-electron chi connectivity index (χ0n) is 14.1. The summed E-state index contributed by atoms with van der Waals surface area (Å²) in [6, 6.07) is 6.69. The molecule has 0 unspecified atom stereocenters. The van der Waals surface area contributed by atoms with Crippen LogP contribution in [0.2, 0.25) is 0 Å². The standard InChI is InChI=1S/C18H15F2N5O/c1-11-3-5-15(20)17(23-11)18(26)24-12-4-6-14(19)16(7-12)25(2)13-8-21-10-22-9-13/h3-10H,1-2H3,(H,24,26). The lowest BCUT2D eigenvalue weighted by atomic mass is 10.2. The Morgan fingerprint density at radius 1 is 1.08 bits per heavy atom. The summed E-state index contributed by atoms with van der Waals surface area (Å²) in [4.78, 5) is 25.5. The van der Waals surface area contributed by atoms with Gasteiger partial charge in [-0.25, -0.2) is 23.7 Å². The molecule has 1 N–H and O–H groups in total. The predicted octanol–water partition coefficient (Wildman–Crippen LogP) is 3.48. The van der Waals surface area contributed by atoms with E-state index in [9.17, 15) is 13.6 Å². The molecule has 0 saturated heterocycles. The van der Waals surface area contributed by atoms with Crippen LogP contribution in [0, 0.1) is 18.6 Å². The van der Waals surface area contributed by atoms with Crippen LogP contribution in [-0.2, 0) is 0 Å². The topological polar surface area (TPSA) is 71.0 Å². The largest absolute Gasteiger partial charge is 0.340 e. The lowest BCUT2D eigenvalue weighted by molar-refractivity contribution is 0.101. The predicted molar refractivity (Wildman–Crippen MR) is 93.4 cm³/mol. The van der Waals surface area contributed by atoms with Crippen molar-refractivity contribution in [1.29, 1.82) is 0 Å². The average molecular weight is 355 g/mol. The molecule has 26 heavy (non-hydrogen) atoms. The van der Waals surface area contributed by atoms with Crippen molar-refractivity contribution in [3.05, 3.63) is 72.1 Å². The summed E-state index contributed by atoms with van der Waals surface area (Å²) in [5.41, 5.74) is 1.27. The van der Waals surface area contributed by atoms with Crippen LogP contribution in [0.5, 0.6) is 0 Å². The number of amides is 1. The number of carbonyl (C=O) groups is 1. The molecule has 0 fully saturated rings. The minimum atomic E-state index is -0.728. The number of carbonyl (C=O) groups excluding carboxylic acids is 1. The first-order valence-corrected chi connectivity index (χ1v) is 7.68. The van der Waals surface area contributed by atoms with Gasteiger partial charge in [-0.15, -0.1) is 0 Å². The normalized spacial score (nSPS) is 10.5. The Balaban J connectivity index is 1.88. The number of benzene rings is 1. The molecule has 0 spiro atoms. The summed E-state index contributed by atoms with van der Waals surface area (Å²) >= 11 is 0. The van der Waals surface area contributed by atoms with E-state index in [-0.39, 0.29) is 11.4 Å². The molecule has 8 heteroatoms. The van der Waals surface area contributed by atoms with Crippen LogP contribution >= 0.6 is 0 Å². The molecule has 3 rings (SSSR count). The number of hydrogen-bond acceptors (Lipinski definition) is 5. The van der Waals surface area contributed by atoms with E-state index in [4.69, 9.17) is 0 Å². The number of hydrogen-bond donors (Lipinski definition) is 1. The summed E-state index contributed by atoms with van der Waals surface area (Å²) in [5, 5.41) is 2.53. The van der Waals surface area contributed by atoms with Gasteiger partial charge in [0.05, 0.1) is 23.8 Å². The van der Waals surface area contributed by atoms with Crippen molar-refractivity contribution in [2.45, 2.75) is 6.92 Å². The van der Waals surface area contributed by atoms with Crippen molar-refractivity contribution in [2.75, 3.05) is 17.3 Å². The molecule has 0 aliphatic carbocycles. The maximum atomic E-state index is 14.2. The Labute approximate surface area is 148 Å². The Morgan fingerprint density at radius 2 is 1.77 bits per heavy atom. The van der Waals surface area contributed by atoms with Crippen molar-refractivity contribution in [2.24, 2.45) is 0 Å². The fraction of sp³-hybridized carbons (Fsp3) is 0.111. The van der Waals surface area contributed by atoms with Crippen LogP contribution in [-0.4, -0.2) is 27.9 Å². The first-order valence-electron chi connectivity index (χ1n) is 7.68. The molecule has 0 radical (unpaired) electrons. The summed E-state index contributed by atoms with van der Waals surface area (Å²) in [6.45, 7) is 1.66. The molecule has 0 atom stereocenters. The molecule has 1 aromatic carbocycles. The third-order valence-corrected chi connectivity index (χ3v) is 3.70. The summed E-state index contributed by atoms with van der Waals surface area (Å²) < 4.78 is 28.0. The van der Waals surface area contributed by atoms with Gasteiger partial charge in [-0.1, -0.05) is 0 Å². The number of aromatic nitrogens is 3. The van der Waals surface area contributed by atoms with Crippen molar-refractivity contribution in [3.63, 3.8) is 0 Å². The SMILES string of the molecule is Cc1ccc(F)c(C(=O)Nc2ccc(F)c(N(C)c3cncnc3)c2)n1. The first-order chi connectivity index (χ1) is 12.5. The van der Waals surface area contributed by atoms with E-state index in [1.54, 1.807) is 14.0 Å². The van der Waals surface area contributed by atoms with Crippen molar-refractivity contribution in [3.8, 4) is 0 Å². The molecule has 0 bridgehead atoms. The van der Waals surface area contributed by atoms with Gasteiger partial charge in [0.2, 0.25) is 0 Å². The van der Waals surface area contributed by atoms with E-state index in [2.05, 4.69) is 20.3 Å². The Bertz CT molecular complexity index is 950. The number of nitrogens with one attached hydrogen (secondary N) is 1. The van der Waals surface area contributed by atoms with E-state index in [1.165, 1.54) is 54.0 Å². The Hall–Kier alpha value is -3.42. The van der Waals surface area contributed by atoms with Crippen molar-refractivity contribution >= 4 is 23.0 Å². The monoisotopic (exact) mass is 355 g/mol. The Kier molecular flexibility index (Phi) is 4.83. The molecular formula is C18H15F2N5O. The molecule has 1 amide bonds. The number of pyridine rings is 1. The second-order valence-electron chi connectivity index (χ2n) is 5.56. The minimum Gasteiger partial charge on any atom is -0.340 e. The Morgan fingerprint density at radius 3 is 2.50 bits per heavy atom. The second-order valence-corrected chi connectivity index (χ2v) is 5.56. The van der Waals surface area contributed by atoms with E-state index in [0.717, 1.165) is 0 Å². The number of halogens is 2. The highest BCUT2D eigenvalue weighted by Crippen LogP contribution is 2.28. The van der Waals surface area contributed by atoms with Gasteiger partial charge in [-0.05, 0) is 37.3 Å². The number of rotatable bonds is 4. The summed E-state index contributed by atoms with van der Waals surface area (Å²) in [5.74, 6) is -1.93. The minimum absolute atomic E-state index is 0.204. The van der Waals surface area contributed by atoms with Crippen LogP contribution in [0.25, 0.3) is 0 Å². The van der Waals surface area contributed by atoms with Gasteiger partial charge in [0.25, 0.3) is 5.91 Å². The molecule has 0 aliphatic rings. The maximum absolute atomic E-state index is 14.2. The fourth-order valence-corrected chi connectivity index (χ4v) is 2.34. The van der Waals surface area contributed by atoms with Gasteiger partial charge in [-0.3, -0.25) is 4.79 Å². The van der Waals surface area contributed by atoms with Crippen LogP contribution in [0.3, 0.4) is 0 Å². The van der Waals surface area contributed by atoms with Gasteiger partial charge in [0.1, 0.15) is 12.1 Å². The summed E-state index contributed by atoms with van der Waals surface area (Å²) in [7, 11) is 1.64. The third-order valence-electron chi connectivity index (χ3n) is 3.70. The molecule has 0 aliphatic heterocycles. The number of nitrogens with zero attached hydrogens (tertiary/aromatic N) is 4. The van der Waals surface area contributed by atoms with Gasteiger partial charge < -0.3 is 10.2 Å². The van der Waals surface area contributed by atoms with Crippen molar-refractivity contribution in [1.82, 2.24) is 15.0 Å². The maximum Gasteiger partial charge on any atom is 0.277 e. The second kappa shape index (κ2) is 7.22. The van der Waals surface area contributed by atoms with Crippen LogP contribution in [0.1, 0.15) is 16.2 Å². The van der Waals surface area contributed by atoms with Crippen molar-refractivity contribution < 1.29 is 13.6 Å². The van der Waals surface area contributed by atoms with E-state index >= 15 is 0 Å². The summed E-state index contributed by atoms with van der Waals surface area (Å²) in [6.07, 6.45) is 4.43. The molecule has 2 heterocycles. The third kappa shape index (κ3) is 3.64. The molecule has 3 aromatic rings. The first kappa shape index (κ1) is 17.4. The van der Waals surface area contributed by atoms with E-state index in [0.29, 0.717) is 17.1 Å². The molecule has 2 aromatic heterocycles. The lowest BCUT2D eigenvalue weighted by Gasteiger charge is -2.20. The highest BCUT2D eigenvalue weighted by atomic mass is 19.1. The van der Waals surface area contributed by atoms with Crippen LogP contribution in [0.4, 0.5) is 25.8 Å². The highest BCUT2D eigenvalue weighted by molar-refractivity contribution is 6.03. The van der Waals surface area contributed by atoms with Gasteiger partial charge in [-0.2, -0.15) is 0 Å². The zero-order chi connectivity index (χ0) is 18.7. The highest BCUT2D eigenvalue weighted by Gasteiger charge is 2.16. The fourth-order valence-electron chi connectivity index (χ4n) is 2.34. The van der Waals surface area contributed by atoms with Crippen LogP contribution < -0.4 is 10.2 Å². The molecular weight excluding hydrogens is 340 g/mol. The average Bonchev–Trinajstić information content (AvgIpc) is 2.65. The van der Waals surface area contributed by atoms with Gasteiger partial charge >= 0.3 is 0 Å².